The molecule has 0 radical (unpaired) electrons. The minimum atomic E-state index is 0.627. The Balaban J connectivity index is 2.58. The van der Waals surface area contributed by atoms with Crippen molar-refractivity contribution in [3.63, 3.8) is 0 Å². The number of hydrogen-bond donors (Lipinski definition) is 0. The van der Waals surface area contributed by atoms with E-state index in [1.165, 1.54) is 9.13 Å². The molecule has 0 amide bonds. The average Bonchev–Trinajstić information content (AvgIpc) is 2.17. The van der Waals surface area contributed by atoms with Gasteiger partial charge in [0.25, 0.3) is 0 Å². The summed E-state index contributed by atoms with van der Waals surface area (Å²) < 4.78 is 1.29. The second kappa shape index (κ2) is 5.86. The second-order valence-corrected chi connectivity index (χ2v) is 4.81. The molecule has 0 fully saturated rings. The van der Waals surface area contributed by atoms with Gasteiger partial charge in [-0.05, 0) is 52.6 Å². The van der Waals surface area contributed by atoms with E-state index in [4.69, 9.17) is 11.6 Å². The van der Waals surface area contributed by atoms with E-state index in [0.29, 0.717) is 5.92 Å². The Morgan fingerprint density at radius 2 is 1.92 bits per heavy atom. The third-order valence-electron chi connectivity index (χ3n) is 2.23. The van der Waals surface area contributed by atoms with Crippen molar-refractivity contribution in [1.29, 1.82) is 0 Å². The van der Waals surface area contributed by atoms with Crippen molar-refractivity contribution in [2.45, 2.75) is 19.8 Å². The van der Waals surface area contributed by atoms with Crippen LogP contribution in [-0.4, -0.2) is 5.88 Å². The molecule has 0 aliphatic carbocycles. The van der Waals surface area contributed by atoms with Gasteiger partial charge in [-0.15, -0.1) is 11.6 Å². The highest BCUT2D eigenvalue weighted by Gasteiger charge is 2.05. The van der Waals surface area contributed by atoms with Crippen LogP contribution in [0.15, 0.2) is 24.3 Å². The van der Waals surface area contributed by atoms with Gasteiger partial charge in [0.15, 0.2) is 0 Å². The standard InChI is InChI=1S/C11H14ClI/c1-2-9(8-12)7-10-3-5-11(13)6-4-10/h3-6,9H,2,7-8H2,1H3. The van der Waals surface area contributed by atoms with Gasteiger partial charge in [0.05, 0.1) is 0 Å². The lowest BCUT2D eigenvalue weighted by Crippen LogP contribution is -2.04. The molecule has 1 atom stereocenters. The second-order valence-electron chi connectivity index (χ2n) is 3.26. The maximum Gasteiger partial charge on any atom is 0.0254 e. The summed E-state index contributed by atoms with van der Waals surface area (Å²) in [5.41, 5.74) is 1.40. The zero-order valence-electron chi connectivity index (χ0n) is 7.76. The van der Waals surface area contributed by atoms with Crippen molar-refractivity contribution in [1.82, 2.24) is 0 Å². The molecule has 13 heavy (non-hydrogen) atoms. The van der Waals surface area contributed by atoms with Crippen LogP contribution in [0, 0.1) is 9.49 Å². The lowest BCUT2D eigenvalue weighted by atomic mass is 9.99. The molecule has 0 aromatic heterocycles. The summed E-state index contributed by atoms with van der Waals surface area (Å²) in [6, 6.07) is 8.68. The predicted molar refractivity (Wildman–Crippen MR) is 67.4 cm³/mol. The SMILES string of the molecule is CCC(CCl)Cc1ccc(I)cc1. The van der Waals surface area contributed by atoms with Crippen LogP contribution >= 0.6 is 34.2 Å². The Labute approximate surface area is 98.8 Å². The summed E-state index contributed by atoms with van der Waals surface area (Å²) >= 11 is 8.17. The lowest BCUT2D eigenvalue weighted by molar-refractivity contribution is 0.567. The molecule has 0 aliphatic rings. The maximum atomic E-state index is 5.85. The molecule has 0 saturated carbocycles. The molecule has 72 valence electrons. The van der Waals surface area contributed by atoms with Crippen LogP contribution < -0.4 is 0 Å². The summed E-state index contributed by atoms with van der Waals surface area (Å²) in [7, 11) is 0. The highest BCUT2D eigenvalue weighted by molar-refractivity contribution is 14.1. The first-order valence-corrected chi connectivity index (χ1v) is 6.18. The molecule has 2 heteroatoms. The molecule has 0 bridgehead atoms. The zero-order valence-corrected chi connectivity index (χ0v) is 10.7. The summed E-state index contributed by atoms with van der Waals surface area (Å²) in [4.78, 5) is 0. The van der Waals surface area contributed by atoms with Gasteiger partial charge >= 0.3 is 0 Å². The molecule has 0 nitrogen and oxygen atoms in total. The Morgan fingerprint density at radius 1 is 1.31 bits per heavy atom. The van der Waals surface area contributed by atoms with Crippen molar-refractivity contribution < 1.29 is 0 Å². The third-order valence-corrected chi connectivity index (χ3v) is 3.39. The molecule has 1 rings (SSSR count). The van der Waals surface area contributed by atoms with E-state index in [1.807, 2.05) is 0 Å². The molecule has 1 aromatic rings. The first-order valence-electron chi connectivity index (χ1n) is 4.56. The van der Waals surface area contributed by atoms with Gasteiger partial charge in [-0.2, -0.15) is 0 Å². The van der Waals surface area contributed by atoms with Crippen LogP contribution in [0.25, 0.3) is 0 Å². The van der Waals surface area contributed by atoms with E-state index >= 15 is 0 Å². The predicted octanol–water partition coefficient (Wildman–Crippen LogP) is 4.10. The van der Waals surface area contributed by atoms with E-state index < -0.39 is 0 Å². The van der Waals surface area contributed by atoms with E-state index in [9.17, 15) is 0 Å². The van der Waals surface area contributed by atoms with Gasteiger partial charge in [0.2, 0.25) is 0 Å². The van der Waals surface area contributed by atoms with E-state index in [2.05, 4.69) is 53.8 Å². The van der Waals surface area contributed by atoms with Gasteiger partial charge < -0.3 is 0 Å². The van der Waals surface area contributed by atoms with Crippen LogP contribution in [0.2, 0.25) is 0 Å². The van der Waals surface area contributed by atoms with Crippen molar-refractivity contribution in [2.75, 3.05) is 5.88 Å². The van der Waals surface area contributed by atoms with Gasteiger partial charge in [0.1, 0.15) is 0 Å². The third kappa shape index (κ3) is 3.86. The minimum absolute atomic E-state index is 0.627. The van der Waals surface area contributed by atoms with Gasteiger partial charge in [-0.25, -0.2) is 0 Å². The van der Waals surface area contributed by atoms with Gasteiger partial charge in [0, 0.05) is 9.45 Å². The van der Waals surface area contributed by atoms with E-state index in [-0.39, 0.29) is 0 Å². The molecule has 0 heterocycles. The number of rotatable bonds is 4. The highest BCUT2D eigenvalue weighted by Crippen LogP contribution is 2.15. The van der Waals surface area contributed by atoms with E-state index in [1.54, 1.807) is 0 Å². The summed E-state index contributed by atoms with van der Waals surface area (Å²) in [6.07, 6.45) is 2.27. The van der Waals surface area contributed by atoms with E-state index in [0.717, 1.165) is 18.7 Å². The Kier molecular flexibility index (Phi) is 5.10. The topological polar surface area (TPSA) is 0 Å². The highest BCUT2D eigenvalue weighted by atomic mass is 127. The van der Waals surface area contributed by atoms with Crippen LogP contribution in [-0.2, 0) is 6.42 Å². The summed E-state index contributed by atoms with van der Waals surface area (Å²) in [6.45, 7) is 2.19. The lowest BCUT2D eigenvalue weighted by Gasteiger charge is -2.10. The number of benzene rings is 1. The smallest absolute Gasteiger partial charge is 0.0254 e. The minimum Gasteiger partial charge on any atom is -0.126 e. The first-order chi connectivity index (χ1) is 6.26. The van der Waals surface area contributed by atoms with Crippen molar-refractivity contribution in [3.05, 3.63) is 33.4 Å². The zero-order chi connectivity index (χ0) is 9.68. The molecule has 0 spiro atoms. The number of halogens is 2. The van der Waals surface area contributed by atoms with Gasteiger partial charge in [-0.1, -0.05) is 25.5 Å². The molecular weight excluding hydrogens is 294 g/mol. The normalized spacial score (nSPS) is 12.8. The van der Waals surface area contributed by atoms with Crippen molar-refractivity contribution >= 4 is 34.2 Å². The summed E-state index contributed by atoms with van der Waals surface area (Å²) in [5, 5.41) is 0. The maximum absolute atomic E-state index is 5.85. The van der Waals surface area contributed by atoms with Crippen molar-refractivity contribution in [3.8, 4) is 0 Å². The fraction of sp³-hybridized carbons (Fsp3) is 0.455. The average molecular weight is 309 g/mol. The largest absolute Gasteiger partial charge is 0.126 e. The van der Waals surface area contributed by atoms with Gasteiger partial charge in [-0.3, -0.25) is 0 Å². The molecule has 0 saturated heterocycles. The Bertz CT molecular complexity index is 239. The van der Waals surface area contributed by atoms with Crippen molar-refractivity contribution in [2.24, 2.45) is 5.92 Å². The molecule has 1 aromatic carbocycles. The Hall–Kier alpha value is 0.240. The number of alkyl halides is 1. The van der Waals surface area contributed by atoms with Crippen LogP contribution in [0.3, 0.4) is 0 Å². The number of hydrogen-bond acceptors (Lipinski definition) is 0. The molecule has 1 unspecified atom stereocenters. The quantitative estimate of drug-likeness (QED) is 0.580. The fourth-order valence-electron chi connectivity index (χ4n) is 1.26. The fourth-order valence-corrected chi connectivity index (χ4v) is 1.95. The summed E-state index contributed by atoms with van der Waals surface area (Å²) in [5.74, 6) is 1.39. The molecular formula is C11H14ClI. The first kappa shape index (κ1) is 11.3. The van der Waals surface area contributed by atoms with Crippen LogP contribution in [0.4, 0.5) is 0 Å². The van der Waals surface area contributed by atoms with Crippen LogP contribution in [0.1, 0.15) is 18.9 Å². The molecule has 0 N–H and O–H groups in total. The van der Waals surface area contributed by atoms with Crippen LogP contribution in [0.5, 0.6) is 0 Å². The molecule has 0 aliphatic heterocycles. The Morgan fingerprint density at radius 3 is 2.38 bits per heavy atom. The monoisotopic (exact) mass is 308 g/mol.